The third-order valence-electron chi connectivity index (χ3n) is 12.2. The minimum atomic E-state index is 0. The maximum atomic E-state index is 2.59. The Kier molecular flexibility index (Phi) is 39.4. The first-order valence-electron chi connectivity index (χ1n) is 24.4. The van der Waals surface area contributed by atoms with Crippen LogP contribution in [-0.4, -0.2) is 119 Å². The highest BCUT2D eigenvalue weighted by atomic mass is 15.2. The van der Waals surface area contributed by atoms with Gasteiger partial charge in [-0.2, -0.15) is 0 Å². The largest absolute Gasteiger partial charge is 0.301 e. The van der Waals surface area contributed by atoms with E-state index in [2.05, 4.69) is 128 Å². The molecule has 1 atom stereocenters. The molecule has 5 aliphatic heterocycles. The molecule has 5 fully saturated rings. The molecule has 0 N–H and O–H groups in total. The monoisotopic (exact) mass is 812 g/mol. The zero-order valence-electron chi connectivity index (χ0n) is 42.0. The molecule has 0 radical (unpaired) electrons. The summed E-state index contributed by atoms with van der Waals surface area (Å²) < 4.78 is 0. The summed E-state index contributed by atoms with van der Waals surface area (Å²) in [6.07, 6.45) is 19.8. The quantitative estimate of drug-likeness (QED) is 0.275. The lowest BCUT2D eigenvalue weighted by Gasteiger charge is -2.40. The lowest BCUT2D eigenvalue weighted by molar-refractivity contribution is 0.0916. The summed E-state index contributed by atoms with van der Waals surface area (Å²) >= 11 is 0. The van der Waals surface area contributed by atoms with Crippen LogP contribution in [0, 0.1) is 11.8 Å². The SMILES string of the molecule is C.C.CC.CC.CC(C)(C)N1CCCCC1.CC(C)N1CCCCCC1.CC(C)N1CCCCCC1.CC1CCN(C(C)(C)C)C1.CC1CCN(C(C)(C)C)CC1. The van der Waals surface area contributed by atoms with Gasteiger partial charge >= 0.3 is 0 Å². The summed E-state index contributed by atoms with van der Waals surface area (Å²) in [7, 11) is 0. The van der Waals surface area contributed by atoms with Crippen LogP contribution in [0.15, 0.2) is 0 Å². The second-order valence-electron chi connectivity index (χ2n) is 20.7. The van der Waals surface area contributed by atoms with Crippen LogP contribution >= 0.6 is 0 Å². The Balaban J connectivity index is -0.000000299. The predicted octanol–water partition coefficient (Wildman–Crippen LogP) is 14.8. The molecule has 0 bridgehead atoms. The van der Waals surface area contributed by atoms with E-state index in [1.54, 1.807) is 0 Å². The summed E-state index contributed by atoms with van der Waals surface area (Å²) in [6.45, 7) is 55.7. The van der Waals surface area contributed by atoms with Crippen LogP contribution in [0.2, 0.25) is 0 Å². The van der Waals surface area contributed by atoms with Gasteiger partial charge in [0.2, 0.25) is 0 Å². The van der Waals surface area contributed by atoms with E-state index in [1.165, 1.54) is 155 Å². The molecule has 5 nitrogen and oxygen atoms in total. The van der Waals surface area contributed by atoms with Crippen molar-refractivity contribution in [1.29, 1.82) is 0 Å². The second kappa shape index (κ2) is 35.4. The van der Waals surface area contributed by atoms with Crippen LogP contribution in [0.25, 0.3) is 0 Å². The summed E-state index contributed by atoms with van der Waals surface area (Å²) in [5, 5.41) is 0. The van der Waals surface area contributed by atoms with E-state index in [-0.39, 0.29) is 14.9 Å². The topological polar surface area (TPSA) is 16.2 Å². The first-order chi connectivity index (χ1) is 25.7. The summed E-state index contributed by atoms with van der Waals surface area (Å²) in [5.41, 5.74) is 1.19. The van der Waals surface area contributed by atoms with Gasteiger partial charge in [-0.15, -0.1) is 0 Å². The lowest BCUT2D eigenvalue weighted by Crippen LogP contribution is -2.45. The number of hydrogen-bond acceptors (Lipinski definition) is 5. The standard InChI is InChI=1S/C10H21N.4C9H19N.2C2H6.2CH4/c1-9-5-7-11(8-6-9)10(2,3)4;1-8-5-6-10(7-8)9(2,3)4;1-9(2,3)10-7-5-4-6-8-10;2*1-9(2)10-7-5-3-4-6-8-10;2*1-2;;/h9H,5-8H2,1-4H3;8H,5-7H2,1-4H3;4-8H2,1-3H3;2*9H,3-8H2,1-2H3;2*1-2H3;2*1H4. The molecule has 0 amide bonds. The van der Waals surface area contributed by atoms with Crippen LogP contribution in [0.3, 0.4) is 0 Å². The Morgan fingerprint density at radius 3 is 0.825 bits per heavy atom. The van der Waals surface area contributed by atoms with Gasteiger partial charge in [-0.25, -0.2) is 0 Å². The Morgan fingerprint density at radius 1 is 0.351 bits per heavy atom. The van der Waals surface area contributed by atoms with Crippen molar-refractivity contribution in [3.63, 3.8) is 0 Å². The maximum absolute atomic E-state index is 2.59. The van der Waals surface area contributed by atoms with E-state index in [1.807, 2.05) is 27.7 Å². The van der Waals surface area contributed by atoms with Crippen LogP contribution in [0.4, 0.5) is 0 Å². The first-order valence-corrected chi connectivity index (χ1v) is 24.4. The molecule has 0 aromatic rings. The Bertz CT molecular complexity index is 766. The van der Waals surface area contributed by atoms with E-state index in [0.717, 1.165) is 23.9 Å². The molecule has 0 aromatic carbocycles. The molecule has 0 saturated carbocycles. The van der Waals surface area contributed by atoms with Crippen molar-refractivity contribution in [2.75, 3.05) is 65.4 Å². The van der Waals surface area contributed by atoms with Crippen molar-refractivity contribution in [1.82, 2.24) is 24.5 Å². The zero-order valence-corrected chi connectivity index (χ0v) is 42.0. The molecule has 0 aliphatic carbocycles. The lowest BCUT2D eigenvalue weighted by atomic mass is 9.95. The molecule has 0 spiro atoms. The van der Waals surface area contributed by atoms with Crippen LogP contribution in [-0.2, 0) is 0 Å². The van der Waals surface area contributed by atoms with Gasteiger partial charge < -0.3 is 9.80 Å². The number of likely N-dealkylation sites (tertiary alicyclic amines) is 5. The summed E-state index contributed by atoms with van der Waals surface area (Å²) in [6, 6.07) is 1.52. The molecule has 5 heterocycles. The molecule has 350 valence electrons. The predicted molar refractivity (Wildman–Crippen MR) is 267 cm³/mol. The number of rotatable bonds is 2. The zero-order chi connectivity index (χ0) is 42.7. The molecule has 5 aliphatic rings. The van der Waals surface area contributed by atoms with Crippen molar-refractivity contribution in [2.45, 2.75) is 265 Å². The molecular formula is C52H117N5. The minimum Gasteiger partial charge on any atom is -0.301 e. The van der Waals surface area contributed by atoms with Gasteiger partial charge in [0.05, 0.1) is 0 Å². The second-order valence-corrected chi connectivity index (χ2v) is 20.7. The molecule has 57 heavy (non-hydrogen) atoms. The van der Waals surface area contributed by atoms with Gasteiger partial charge in [-0.3, -0.25) is 14.7 Å². The number of piperidine rings is 2. The van der Waals surface area contributed by atoms with Gasteiger partial charge in [0.1, 0.15) is 0 Å². The van der Waals surface area contributed by atoms with Crippen molar-refractivity contribution in [2.24, 2.45) is 11.8 Å². The van der Waals surface area contributed by atoms with Crippen LogP contribution in [0.1, 0.15) is 236 Å². The Labute approximate surface area is 365 Å². The third-order valence-corrected chi connectivity index (χ3v) is 12.2. The Hall–Kier alpha value is -0.200. The normalized spacial score (nSPS) is 22.2. The van der Waals surface area contributed by atoms with Gasteiger partial charge in [0.15, 0.2) is 0 Å². The highest BCUT2D eigenvalue weighted by molar-refractivity contribution is 4.83. The van der Waals surface area contributed by atoms with Gasteiger partial charge in [-0.05, 0) is 219 Å². The minimum absolute atomic E-state index is 0. The smallest absolute Gasteiger partial charge is 0.0125 e. The van der Waals surface area contributed by atoms with Crippen molar-refractivity contribution in [3.05, 3.63) is 0 Å². The third kappa shape index (κ3) is 32.2. The van der Waals surface area contributed by atoms with E-state index < -0.39 is 0 Å². The average molecular weight is 813 g/mol. The molecular weight excluding hydrogens is 695 g/mol. The van der Waals surface area contributed by atoms with Crippen molar-refractivity contribution >= 4 is 0 Å². The van der Waals surface area contributed by atoms with Gasteiger partial charge in [0.25, 0.3) is 0 Å². The summed E-state index contributed by atoms with van der Waals surface area (Å²) in [4.78, 5) is 12.9. The molecule has 5 rings (SSSR count). The van der Waals surface area contributed by atoms with Gasteiger partial charge in [0, 0.05) is 35.2 Å². The van der Waals surface area contributed by atoms with E-state index >= 15 is 0 Å². The number of hydrogen-bond donors (Lipinski definition) is 0. The highest BCUT2D eigenvalue weighted by Crippen LogP contribution is 2.24. The molecule has 1 unspecified atom stereocenters. The highest BCUT2D eigenvalue weighted by Gasteiger charge is 2.28. The number of nitrogens with zero attached hydrogens (tertiary/aromatic N) is 5. The molecule has 5 heteroatoms. The fourth-order valence-electron chi connectivity index (χ4n) is 8.01. The van der Waals surface area contributed by atoms with Crippen molar-refractivity contribution < 1.29 is 0 Å². The van der Waals surface area contributed by atoms with Crippen LogP contribution < -0.4 is 0 Å². The Morgan fingerprint density at radius 2 is 0.596 bits per heavy atom. The van der Waals surface area contributed by atoms with E-state index in [9.17, 15) is 0 Å². The van der Waals surface area contributed by atoms with E-state index in [0.29, 0.717) is 16.6 Å². The maximum Gasteiger partial charge on any atom is 0.0125 e. The molecule has 0 aromatic heterocycles. The summed E-state index contributed by atoms with van der Waals surface area (Å²) in [5.74, 6) is 1.87. The fraction of sp³-hybridized carbons (Fsp3) is 1.00. The average Bonchev–Trinajstić information content (AvgIpc) is 3.31. The molecule has 5 saturated heterocycles. The first kappa shape index (κ1) is 63.4. The van der Waals surface area contributed by atoms with Gasteiger partial charge in [-0.1, -0.05) is 88.5 Å². The van der Waals surface area contributed by atoms with Crippen molar-refractivity contribution in [3.8, 4) is 0 Å². The fourth-order valence-corrected chi connectivity index (χ4v) is 8.01. The van der Waals surface area contributed by atoms with Crippen LogP contribution in [0.5, 0.6) is 0 Å². The van der Waals surface area contributed by atoms with E-state index in [4.69, 9.17) is 0 Å².